The summed E-state index contributed by atoms with van der Waals surface area (Å²) in [6.45, 7) is 8.31. The third-order valence-corrected chi connectivity index (χ3v) is 5.91. The number of fused-ring (bicyclic) bond motifs is 2. The first-order valence-electron chi connectivity index (χ1n) is 7.84. The SMILES string of the molecule is CC1(C)C=C(OC(=O)C23CCC(CC2=O)C3(C)C)C=CC1. The summed E-state index contributed by atoms with van der Waals surface area (Å²) in [5.41, 5.74) is -1.21. The average Bonchev–Trinajstić information content (AvgIpc) is 2.71. The maximum atomic E-state index is 12.8. The van der Waals surface area contributed by atoms with Gasteiger partial charge >= 0.3 is 5.97 Å². The Morgan fingerprint density at radius 2 is 2.00 bits per heavy atom. The summed E-state index contributed by atoms with van der Waals surface area (Å²) in [4.78, 5) is 25.3. The van der Waals surface area contributed by atoms with Gasteiger partial charge in [0.15, 0.2) is 5.78 Å². The van der Waals surface area contributed by atoms with Gasteiger partial charge in [-0.2, -0.15) is 0 Å². The second kappa shape index (κ2) is 4.31. The molecule has 0 spiro atoms. The van der Waals surface area contributed by atoms with Gasteiger partial charge < -0.3 is 4.74 Å². The smallest absolute Gasteiger partial charge is 0.325 e. The van der Waals surface area contributed by atoms with E-state index in [1.54, 1.807) is 0 Å². The monoisotopic (exact) mass is 288 g/mol. The second-order valence-corrected chi connectivity index (χ2v) is 8.02. The molecule has 0 amide bonds. The van der Waals surface area contributed by atoms with Gasteiger partial charge in [-0.3, -0.25) is 9.59 Å². The van der Waals surface area contributed by atoms with Crippen molar-refractivity contribution in [3.8, 4) is 0 Å². The lowest BCUT2D eigenvalue weighted by Crippen LogP contribution is -2.44. The van der Waals surface area contributed by atoms with Crippen molar-refractivity contribution >= 4 is 11.8 Å². The maximum Gasteiger partial charge on any atom is 0.325 e. The average molecular weight is 288 g/mol. The number of Topliss-reactive ketones (excluding diaryl/α,β-unsaturated/α-hetero) is 1. The lowest BCUT2D eigenvalue weighted by Gasteiger charge is -2.34. The third kappa shape index (κ3) is 1.93. The Kier molecular flexibility index (Phi) is 2.99. The third-order valence-electron chi connectivity index (χ3n) is 5.91. The molecule has 21 heavy (non-hydrogen) atoms. The minimum atomic E-state index is -0.923. The van der Waals surface area contributed by atoms with Crippen LogP contribution in [0.2, 0.25) is 0 Å². The Hall–Kier alpha value is -1.38. The molecule has 114 valence electrons. The molecule has 3 heteroatoms. The zero-order valence-electron chi connectivity index (χ0n) is 13.4. The number of ketones is 1. The van der Waals surface area contributed by atoms with Crippen LogP contribution in [0.25, 0.3) is 0 Å². The van der Waals surface area contributed by atoms with E-state index in [9.17, 15) is 9.59 Å². The molecular formula is C18H24O3. The van der Waals surface area contributed by atoms with Crippen LogP contribution in [0.4, 0.5) is 0 Å². The van der Waals surface area contributed by atoms with E-state index in [2.05, 4.69) is 13.8 Å². The van der Waals surface area contributed by atoms with Gasteiger partial charge in [0, 0.05) is 6.42 Å². The van der Waals surface area contributed by atoms with E-state index in [-0.39, 0.29) is 22.6 Å². The fourth-order valence-electron chi connectivity index (χ4n) is 4.38. The number of esters is 1. The van der Waals surface area contributed by atoms with E-state index in [0.29, 0.717) is 24.5 Å². The van der Waals surface area contributed by atoms with Gasteiger partial charge in [0.1, 0.15) is 11.2 Å². The van der Waals surface area contributed by atoms with Gasteiger partial charge in [0.25, 0.3) is 0 Å². The quantitative estimate of drug-likeness (QED) is 0.573. The molecule has 0 heterocycles. The molecule has 2 fully saturated rings. The minimum Gasteiger partial charge on any atom is -0.426 e. The molecule has 3 rings (SSSR count). The predicted molar refractivity (Wildman–Crippen MR) is 80.3 cm³/mol. The Morgan fingerprint density at radius 1 is 1.29 bits per heavy atom. The van der Waals surface area contributed by atoms with E-state index in [4.69, 9.17) is 4.74 Å². The van der Waals surface area contributed by atoms with Crippen molar-refractivity contribution < 1.29 is 14.3 Å². The van der Waals surface area contributed by atoms with E-state index in [1.165, 1.54) is 0 Å². The Bertz CT molecular complexity index is 565. The van der Waals surface area contributed by atoms with Crippen molar-refractivity contribution in [1.29, 1.82) is 0 Å². The fraction of sp³-hybridized carbons (Fsp3) is 0.667. The van der Waals surface area contributed by atoms with Crippen LogP contribution in [0.5, 0.6) is 0 Å². The zero-order chi connectivity index (χ0) is 15.5. The Labute approximate surface area is 126 Å². The van der Waals surface area contributed by atoms with Crippen molar-refractivity contribution in [3.05, 3.63) is 24.0 Å². The highest BCUT2D eigenvalue weighted by atomic mass is 16.5. The highest BCUT2D eigenvalue weighted by molar-refractivity contribution is 6.07. The molecule has 0 saturated heterocycles. The highest BCUT2D eigenvalue weighted by Crippen LogP contribution is 2.64. The Balaban J connectivity index is 1.88. The second-order valence-electron chi connectivity index (χ2n) is 8.02. The van der Waals surface area contributed by atoms with Crippen LogP contribution in [-0.2, 0) is 14.3 Å². The number of rotatable bonds is 2. The van der Waals surface area contributed by atoms with Gasteiger partial charge in [0.2, 0.25) is 0 Å². The van der Waals surface area contributed by atoms with Gasteiger partial charge in [-0.25, -0.2) is 0 Å². The van der Waals surface area contributed by atoms with Crippen LogP contribution in [0.1, 0.15) is 53.4 Å². The van der Waals surface area contributed by atoms with E-state index < -0.39 is 5.41 Å². The molecule has 0 radical (unpaired) electrons. The van der Waals surface area contributed by atoms with Gasteiger partial charge in [0.05, 0.1) is 0 Å². The molecule has 3 aliphatic carbocycles. The predicted octanol–water partition coefficient (Wildman–Crippen LogP) is 3.80. The molecule has 0 N–H and O–H groups in total. The molecule has 0 aliphatic heterocycles. The number of hydrogen-bond donors (Lipinski definition) is 0. The molecule has 2 unspecified atom stereocenters. The standard InChI is InChI=1S/C18H24O3/c1-16(2)8-5-6-13(11-16)21-15(20)18-9-7-12(10-14(18)19)17(18,3)4/h5-6,11-12H,7-10H2,1-4H3. The summed E-state index contributed by atoms with van der Waals surface area (Å²) < 4.78 is 5.65. The lowest BCUT2D eigenvalue weighted by molar-refractivity contribution is -0.160. The van der Waals surface area contributed by atoms with Crippen LogP contribution in [0, 0.1) is 22.2 Å². The minimum absolute atomic E-state index is 0.00452. The van der Waals surface area contributed by atoms with Crippen molar-refractivity contribution in [2.24, 2.45) is 22.2 Å². The van der Waals surface area contributed by atoms with Crippen LogP contribution in [0.15, 0.2) is 24.0 Å². The van der Waals surface area contributed by atoms with Crippen molar-refractivity contribution in [2.75, 3.05) is 0 Å². The molecular weight excluding hydrogens is 264 g/mol. The molecule has 0 aromatic rings. The molecule has 0 aromatic carbocycles. The molecule has 3 aliphatic rings. The van der Waals surface area contributed by atoms with E-state index >= 15 is 0 Å². The van der Waals surface area contributed by atoms with Crippen LogP contribution >= 0.6 is 0 Å². The van der Waals surface area contributed by atoms with Crippen LogP contribution in [0.3, 0.4) is 0 Å². The fourth-order valence-corrected chi connectivity index (χ4v) is 4.38. The Morgan fingerprint density at radius 3 is 2.52 bits per heavy atom. The molecule has 3 nitrogen and oxygen atoms in total. The normalized spacial score (nSPS) is 35.7. The van der Waals surface area contributed by atoms with Gasteiger partial charge in [-0.05, 0) is 48.2 Å². The first-order chi connectivity index (χ1) is 9.69. The van der Waals surface area contributed by atoms with Gasteiger partial charge in [-0.15, -0.1) is 0 Å². The van der Waals surface area contributed by atoms with Gasteiger partial charge in [-0.1, -0.05) is 33.8 Å². The number of hydrogen-bond acceptors (Lipinski definition) is 3. The number of carbonyl (C=O) groups excluding carboxylic acids is 2. The first-order valence-corrected chi connectivity index (χ1v) is 7.84. The highest BCUT2D eigenvalue weighted by Gasteiger charge is 2.69. The van der Waals surface area contributed by atoms with Crippen molar-refractivity contribution in [3.63, 3.8) is 0 Å². The first kappa shape index (κ1) is 14.6. The number of allylic oxidation sites excluding steroid dienone is 3. The summed E-state index contributed by atoms with van der Waals surface area (Å²) in [7, 11) is 0. The van der Waals surface area contributed by atoms with Crippen molar-refractivity contribution in [1.82, 2.24) is 0 Å². The summed E-state index contributed by atoms with van der Waals surface area (Å²) in [5, 5.41) is 0. The molecule has 2 atom stereocenters. The largest absolute Gasteiger partial charge is 0.426 e. The van der Waals surface area contributed by atoms with Crippen LogP contribution in [-0.4, -0.2) is 11.8 Å². The number of carbonyl (C=O) groups is 2. The number of ether oxygens (including phenoxy) is 1. The lowest BCUT2D eigenvalue weighted by atomic mass is 9.69. The summed E-state index contributed by atoms with van der Waals surface area (Å²) >= 11 is 0. The van der Waals surface area contributed by atoms with E-state index in [0.717, 1.165) is 12.8 Å². The zero-order valence-corrected chi connectivity index (χ0v) is 13.4. The maximum absolute atomic E-state index is 12.8. The molecule has 2 saturated carbocycles. The topological polar surface area (TPSA) is 43.4 Å². The molecule has 0 aromatic heterocycles. The molecule has 2 bridgehead atoms. The van der Waals surface area contributed by atoms with E-state index in [1.807, 2.05) is 32.1 Å². The van der Waals surface area contributed by atoms with Crippen molar-refractivity contribution in [2.45, 2.75) is 53.4 Å². The summed E-state index contributed by atoms with van der Waals surface area (Å²) in [6, 6.07) is 0. The summed E-state index contributed by atoms with van der Waals surface area (Å²) in [5.74, 6) is 0.647. The van der Waals surface area contributed by atoms with Crippen LogP contribution < -0.4 is 0 Å². The summed E-state index contributed by atoms with van der Waals surface area (Å²) in [6.07, 6.45) is 8.92.